The van der Waals surface area contributed by atoms with Gasteiger partial charge in [-0.3, -0.25) is 4.79 Å². The Hall–Kier alpha value is -2.04. The predicted octanol–water partition coefficient (Wildman–Crippen LogP) is 2.25. The highest BCUT2D eigenvalue weighted by Crippen LogP contribution is 2.27. The summed E-state index contributed by atoms with van der Waals surface area (Å²) in [5.41, 5.74) is 0.111. The number of carbonyl (C=O) groups is 2. The highest BCUT2D eigenvalue weighted by atomic mass is 16.5. The molecule has 0 aliphatic carbocycles. The standard InChI is InChI=1S/C16H21NO4/c1-20-15(18)13-8-9-17(16(19)21-2)14(11-13)10-12-6-4-3-5-7-12/h3-7,13-14H,8-11H2,1-2H3/i3D,4D,5D,6D,7D. The third kappa shape index (κ3) is 3.74. The molecule has 2 unspecified atom stereocenters. The maximum atomic E-state index is 12.1. The molecule has 1 aliphatic heterocycles. The maximum Gasteiger partial charge on any atom is 0.409 e. The highest BCUT2D eigenvalue weighted by molar-refractivity contribution is 5.73. The van der Waals surface area contributed by atoms with Crippen LogP contribution < -0.4 is 0 Å². The van der Waals surface area contributed by atoms with E-state index in [0.29, 0.717) is 6.42 Å². The van der Waals surface area contributed by atoms with Crippen LogP contribution >= 0.6 is 0 Å². The van der Waals surface area contributed by atoms with E-state index in [9.17, 15) is 9.59 Å². The number of ether oxygens (including phenoxy) is 2. The SMILES string of the molecule is [2H]c1c([2H])c([2H])c(CC2CC(C(=O)OC)CCN2C(=O)OC)c([2H])c1[2H]. The number of amides is 1. The van der Waals surface area contributed by atoms with Gasteiger partial charge in [-0.05, 0) is 24.8 Å². The molecular weight excluding hydrogens is 270 g/mol. The van der Waals surface area contributed by atoms with Crippen molar-refractivity contribution in [2.75, 3.05) is 20.8 Å². The predicted molar refractivity (Wildman–Crippen MR) is 77.8 cm³/mol. The van der Waals surface area contributed by atoms with Crippen molar-refractivity contribution in [2.45, 2.75) is 25.3 Å². The fraction of sp³-hybridized carbons (Fsp3) is 0.500. The zero-order valence-electron chi connectivity index (χ0n) is 17.1. The minimum Gasteiger partial charge on any atom is -0.469 e. The molecule has 114 valence electrons. The van der Waals surface area contributed by atoms with E-state index in [-0.39, 0.29) is 43.0 Å². The van der Waals surface area contributed by atoms with Crippen LogP contribution in [-0.2, 0) is 20.7 Å². The molecule has 0 bridgehead atoms. The topological polar surface area (TPSA) is 55.8 Å². The number of likely N-dealkylation sites (tertiary alicyclic amines) is 1. The van der Waals surface area contributed by atoms with Gasteiger partial charge in [0.05, 0.1) is 27.0 Å². The summed E-state index contributed by atoms with van der Waals surface area (Å²) >= 11 is 0. The molecule has 0 radical (unpaired) electrons. The molecule has 0 saturated carbocycles. The summed E-state index contributed by atoms with van der Waals surface area (Å²) in [6.45, 7) is 0.260. The van der Waals surface area contributed by atoms with Crippen LogP contribution in [0.25, 0.3) is 0 Å². The zero-order chi connectivity index (χ0) is 19.6. The summed E-state index contributed by atoms with van der Waals surface area (Å²) in [4.78, 5) is 25.4. The Labute approximate surface area is 131 Å². The molecule has 1 amide bonds. The van der Waals surface area contributed by atoms with Crippen molar-refractivity contribution in [3.63, 3.8) is 0 Å². The maximum absolute atomic E-state index is 12.1. The van der Waals surface area contributed by atoms with Crippen molar-refractivity contribution < 1.29 is 25.9 Å². The average molecular weight is 296 g/mol. The van der Waals surface area contributed by atoms with Crippen LogP contribution in [0.2, 0.25) is 0 Å². The number of hydrogen-bond acceptors (Lipinski definition) is 4. The van der Waals surface area contributed by atoms with Crippen LogP contribution in [0.15, 0.2) is 30.2 Å². The van der Waals surface area contributed by atoms with Crippen LogP contribution in [0, 0.1) is 5.92 Å². The van der Waals surface area contributed by atoms with Crippen LogP contribution in [0.3, 0.4) is 0 Å². The molecule has 2 atom stereocenters. The van der Waals surface area contributed by atoms with E-state index in [0.717, 1.165) is 0 Å². The van der Waals surface area contributed by atoms with Gasteiger partial charge in [0.1, 0.15) is 0 Å². The Morgan fingerprint density at radius 1 is 1.29 bits per heavy atom. The second-order valence-corrected chi connectivity index (χ2v) is 4.87. The largest absolute Gasteiger partial charge is 0.469 e. The van der Waals surface area contributed by atoms with Gasteiger partial charge < -0.3 is 14.4 Å². The van der Waals surface area contributed by atoms with Crippen LogP contribution in [-0.4, -0.2) is 43.8 Å². The van der Waals surface area contributed by atoms with Gasteiger partial charge >= 0.3 is 12.1 Å². The lowest BCUT2D eigenvalue weighted by atomic mass is 9.88. The molecule has 0 spiro atoms. The smallest absolute Gasteiger partial charge is 0.409 e. The Morgan fingerprint density at radius 3 is 2.62 bits per heavy atom. The Bertz CT molecular complexity index is 698. The molecule has 0 N–H and O–H groups in total. The number of benzene rings is 1. The third-order valence-corrected chi connectivity index (χ3v) is 3.65. The minimum absolute atomic E-state index is 0.0261. The summed E-state index contributed by atoms with van der Waals surface area (Å²) in [7, 11) is 2.54. The first-order valence-corrected chi connectivity index (χ1v) is 6.71. The molecule has 1 heterocycles. The van der Waals surface area contributed by atoms with E-state index in [2.05, 4.69) is 0 Å². The quantitative estimate of drug-likeness (QED) is 0.803. The normalized spacial score (nSPS) is 25.0. The van der Waals surface area contributed by atoms with Crippen molar-refractivity contribution in [1.29, 1.82) is 0 Å². The van der Waals surface area contributed by atoms with Gasteiger partial charge in [0.15, 0.2) is 0 Å². The number of esters is 1. The fourth-order valence-electron chi connectivity index (χ4n) is 2.60. The van der Waals surface area contributed by atoms with E-state index in [1.807, 2.05) is 0 Å². The Kier molecular flexibility index (Phi) is 3.32. The van der Waals surface area contributed by atoms with Gasteiger partial charge in [0.25, 0.3) is 0 Å². The van der Waals surface area contributed by atoms with Gasteiger partial charge in [0, 0.05) is 12.6 Å². The molecule has 1 saturated heterocycles. The molecule has 2 rings (SSSR count). The van der Waals surface area contributed by atoms with Crippen molar-refractivity contribution in [3.8, 4) is 0 Å². The fourth-order valence-corrected chi connectivity index (χ4v) is 2.60. The van der Waals surface area contributed by atoms with Crippen molar-refractivity contribution in [3.05, 3.63) is 35.8 Å². The van der Waals surface area contributed by atoms with Gasteiger partial charge in [-0.25, -0.2) is 4.79 Å². The molecule has 21 heavy (non-hydrogen) atoms. The van der Waals surface area contributed by atoms with E-state index in [4.69, 9.17) is 16.3 Å². The Balaban J connectivity index is 2.39. The van der Waals surface area contributed by atoms with Crippen molar-refractivity contribution in [1.82, 2.24) is 4.90 Å². The summed E-state index contributed by atoms with van der Waals surface area (Å²) < 4.78 is 48.9. The summed E-state index contributed by atoms with van der Waals surface area (Å²) in [5.74, 6) is -0.809. The van der Waals surface area contributed by atoms with Crippen LogP contribution in [0.1, 0.15) is 25.3 Å². The molecule has 1 aromatic carbocycles. The minimum atomic E-state index is -0.578. The molecule has 1 fully saturated rings. The van der Waals surface area contributed by atoms with Crippen molar-refractivity contribution >= 4 is 12.1 Å². The third-order valence-electron chi connectivity index (χ3n) is 3.65. The summed E-state index contributed by atoms with van der Waals surface area (Å²) in [6.07, 6.45) is 0.131. The Morgan fingerprint density at radius 2 is 2.00 bits per heavy atom. The van der Waals surface area contributed by atoms with E-state index >= 15 is 0 Å². The number of nitrogens with zero attached hydrogens (tertiary/aromatic N) is 1. The number of piperidine rings is 1. The van der Waals surface area contributed by atoms with Crippen LogP contribution in [0.4, 0.5) is 4.79 Å². The van der Waals surface area contributed by atoms with Crippen molar-refractivity contribution in [2.24, 2.45) is 5.92 Å². The van der Waals surface area contributed by atoms with E-state index < -0.39 is 36.2 Å². The van der Waals surface area contributed by atoms with Gasteiger partial charge in [0.2, 0.25) is 0 Å². The number of hydrogen-bond donors (Lipinski definition) is 0. The molecule has 1 aliphatic rings. The molecule has 5 heteroatoms. The second-order valence-electron chi connectivity index (χ2n) is 4.87. The van der Waals surface area contributed by atoms with E-state index in [1.54, 1.807) is 0 Å². The first kappa shape index (κ1) is 9.82. The first-order chi connectivity index (χ1) is 12.2. The molecule has 1 aromatic rings. The lowest BCUT2D eigenvalue weighted by Gasteiger charge is -2.37. The number of carbonyl (C=O) groups excluding carboxylic acids is 2. The van der Waals surface area contributed by atoms with Gasteiger partial charge in [-0.1, -0.05) is 30.2 Å². The highest BCUT2D eigenvalue weighted by Gasteiger charge is 2.35. The first-order valence-electron chi connectivity index (χ1n) is 9.21. The molecule has 0 aromatic heterocycles. The molecule has 5 nitrogen and oxygen atoms in total. The van der Waals surface area contributed by atoms with Crippen LogP contribution in [0.5, 0.6) is 0 Å². The second kappa shape index (κ2) is 7.11. The summed E-state index contributed by atoms with van der Waals surface area (Å²) in [6, 6.07) is -2.47. The van der Waals surface area contributed by atoms with E-state index in [1.165, 1.54) is 19.1 Å². The summed E-state index contributed by atoms with van der Waals surface area (Å²) in [5, 5.41) is 0. The number of rotatable bonds is 3. The lowest BCUT2D eigenvalue weighted by Crippen LogP contribution is -2.48. The monoisotopic (exact) mass is 296 g/mol. The zero-order valence-corrected chi connectivity index (χ0v) is 12.1. The van der Waals surface area contributed by atoms with Gasteiger partial charge in [-0.15, -0.1) is 0 Å². The number of methoxy groups -OCH3 is 2. The van der Waals surface area contributed by atoms with Gasteiger partial charge in [-0.2, -0.15) is 0 Å². The lowest BCUT2D eigenvalue weighted by molar-refractivity contribution is -0.147. The average Bonchev–Trinajstić information content (AvgIpc) is 2.66. The molecular formula is C16H21NO4.